The van der Waals surface area contributed by atoms with Crippen molar-refractivity contribution in [1.29, 1.82) is 0 Å². The van der Waals surface area contributed by atoms with E-state index in [0.29, 0.717) is 5.75 Å². The molecule has 6 nitrogen and oxygen atoms in total. The normalized spacial score (nSPS) is 25.9. The summed E-state index contributed by atoms with van der Waals surface area (Å²) in [6.07, 6.45) is 1.61. The highest BCUT2D eigenvalue weighted by molar-refractivity contribution is 5.89. The van der Waals surface area contributed by atoms with Crippen molar-refractivity contribution in [3.05, 3.63) is 53.6 Å². The van der Waals surface area contributed by atoms with Gasteiger partial charge in [-0.3, -0.25) is 4.90 Å². The van der Waals surface area contributed by atoms with Crippen molar-refractivity contribution in [2.24, 2.45) is 5.92 Å². The maximum Gasteiger partial charge on any atom is 0.416 e. The summed E-state index contributed by atoms with van der Waals surface area (Å²) in [5.41, 5.74) is 0.535. The SMILES string of the molecule is COc1ccc(C23CCC(NC(=O)Nc4cccc(C(F)(F)F)c4)CC2N(CC2CC2)CC3)cc1OC. The summed E-state index contributed by atoms with van der Waals surface area (Å²) in [5.74, 6) is 2.17. The first kappa shape index (κ1) is 25.7. The Morgan fingerprint density at radius 2 is 1.84 bits per heavy atom. The Bertz CT molecular complexity index is 1140. The number of carbonyl (C=O) groups is 1. The molecule has 1 heterocycles. The standard InChI is InChI=1S/C28H34F3N3O3/c1-36-23-9-8-19(15-24(23)37-2)27-11-10-22(16-25(27)34(13-12-27)17-18-6-7-18)33-26(35)32-21-5-3-4-20(14-21)28(29,30)31/h3-5,8-9,14-15,18,22,25H,6-7,10-13,16-17H2,1-2H3,(H2,32,33,35). The molecule has 3 atom stereocenters. The van der Waals surface area contributed by atoms with E-state index >= 15 is 0 Å². The second-order valence-corrected chi connectivity index (χ2v) is 10.6. The highest BCUT2D eigenvalue weighted by atomic mass is 19.4. The van der Waals surface area contributed by atoms with Gasteiger partial charge < -0.3 is 20.1 Å². The van der Waals surface area contributed by atoms with Crippen LogP contribution in [-0.2, 0) is 11.6 Å². The maximum atomic E-state index is 13.1. The van der Waals surface area contributed by atoms with Crippen LogP contribution in [0.5, 0.6) is 11.5 Å². The molecule has 1 saturated heterocycles. The first-order valence-corrected chi connectivity index (χ1v) is 12.9. The number of nitrogens with one attached hydrogen (secondary N) is 2. The molecule has 37 heavy (non-hydrogen) atoms. The number of amides is 2. The summed E-state index contributed by atoms with van der Waals surface area (Å²) >= 11 is 0. The van der Waals surface area contributed by atoms with Gasteiger partial charge in [0.2, 0.25) is 0 Å². The Morgan fingerprint density at radius 1 is 1.05 bits per heavy atom. The van der Waals surface area contributed by atoms with Gasteiger partial charge in [-0.1, -0.05) is 12.1 Å². The molecular formula is C28H34F3N3O3. The number of methoxy groups -OCH3 is 2. The van der Waals surface area contributed by atoms with Gasteiger partial charge in [-0.25, -0.2) is 4.79 Å². The number of ether oxygens (including phenoxy) is 2. The average molecular weight is 518 g/mol. The van der Waals surface area contributed by atoms with E-state index in [9.17, 15) is 18.0 Å². The number of fused-ring (bicyclic) bond motifs is 1. The lowest BCUT2D eigenvalue weighted by atomic mass is 9.65. The number of benzene rings is 2. The summed E-state index contributed by atoms with van der Waals surface area (Å²) in [6, 6.07) is 10.6. The van der Waals surface area contributed by atoms with Crippen LogP contribution in [0.15, 0.2) is 42.5 Å². The van der Waals surface area contributed by atoms with E-state index in [1.807, 2.05) is 6.07 Å². The van der Waals surface area contributed by atoms with Crippen molar-refractivity contribution in [3.63, 3.8) is 0 Å². The zero-order chi connectivity index (χ0) is 26.2. The van der Waals surface area contributed by atoms with Crippen LogP contribution < -0.4 is 20.1 Å². The fourth-order valence-electron chi connectivity index (χ4n) is 6.23. The lowest BCUT2D eigenvalue weighted by molar-refractivity contribution is -0.137. The van der Waals surface area contributed by atoms with E-state index < -0.39 is 17.8 Å². The van der Waals surface area contributed by atoms with Gasteiger partial charge in [0, 0.05) is 29.7 Å². The molecule has 1 aliphatic heterocycles. The molecule has 200 valence electrons. The highest BCUT2D eigenvalue weighted by Gasteiger charge is 2.52. The van der Waals surface area contributed by atoms with Crippen molar-refractivity contribution in [2.45, 2.75) is 62.2 Å². The first-order valence-electron chi connectivity index (χ1n) is 12.9. The number of hydrogen-bond donors (Lipinski definition) is 2. The zero-order valence-corrected chi connectivity index (χ0v) is 21.2. The highest BCUT2D eigenvalue weighted by Crippen LogP contribution is 2.51. The minimum absolute atomic E-state index is 0.0376. The number of likely N-dealkylation sites (tertiary alicyclic amines) is 1. The fourth-order valence-corrected chi connectivity index (χ4v) is 6.23. The van der Waals surface area contributed by atoms with E-state index in [1.165, 1.54) is 30.5 Å². The molecule has 5 rings (SSSR count). The molecule has 2 saturated carbocycles. The predicted molar refractivity (Wildman–Crippen MR) is 135 cm³/mol. The van der Waals surface area contributed by atoms with E-state index in [0.717, 1.165) is 62.6 Å². The molecule has 0 spiro atoms. The smallest absolute Gasteiger partial charge is 0.416 e. The Balaban J connectivity index is 1.32. The van der Waals surface area contributed by atoms with E-state index in [2.05, 4.69) is 27.7 Å². The van der Waals surface area contributed by atoms with Crippen molar-refractivity contribution in [3.8, 4) is 11.5 Å². The van der Waals surface area contributed by atoms with Crippen molar-refractivity contribution < 1.29 is 27.4 Å². The Morgan fingerprint density at radius 3 is 2.54 bits per heavy atom. The van der Waals surface area contributed by atoms with E-state index in [-0.39, 0.29) is 23.2 Å². The summed E-state index contributed by atoms with van der Waals surface area (Å²) in [7, 11) is 3.28. The number of rotatable bonds is 7. The molecule has 3 unspecified atom stereocenters. The molecule has 2 aliphatic carbocycles. The van der Waals surface area contributed by atoms with Crippen LogP contribution in [0.3, 0.4) is 0 Å². The average Bonchev–Trinajstić information content (AvgIpc) is 3.63. The number of urea groups is 1. The second kappa shape index (κ2) is 10.1. The van der Waals surface area contributed by atoms with Gasteiger partial charge in [-0.05, 0) is 86.9 Å². The number of carbonyl (C=O) groups excluding carboxylic acids is 1. The molecule has 0 aromatic heterocycles. The number of hydrogen-bond acceptors (Lipinski definition) is 4. The van der Waals surface area contributed by atoms with Crippen LogP contribution in [0, 0.1) is 5.92 Å². The lowest BCUT2D eigenvalue weighted by Gasteiger charge is -2.45. The van der Waals surface area contributed by atoms with Crippen LogP contribution >= 0.6 is 0 Å². The molecule has 0 radical (unpaired) electrons. The van der Waals surface area contributed by atoms with Crippen LogP contribution in [0.1, 0.15) is 49.7 Å². The van der Waals surface area contributed by atoms with E-state index in [1.54, 1.807) is 14.2 Å². The Labute approximate surface area is 215 Å². The predicted octanol–water partition coefficient (Wildman–Crippen LogP) is 5.82. The molecule has 2 N–H and O–H groups in total. The fraction of sp³-hybridized carbons (Fsp3) is 0.536. The number of nitrogens with zero attached hydrogens (tertiary/aromatic N) is 1. The first-order chi connectivity index (χ1) is 17.7. The van der Waals surface area contributed by atoms with Crippen molar-refractivity contribution in [2.75, 3.05) is 32.6 Å². The summed E-state index contributed by atoms with van der Waals surface area (Å²) in [6.45, 7) is 2.08. The Kier molecular flexibility index (Phi) is 7.00. The third-order valence-electron chi connectivity index (χ3n) is 8.30. The molecule has 3 fully saturated rings. The number of halogens is 3. The third-order valence-corrected chi connectivity index (χ3v) is 8.30. The van der Waals surface area contributed by atoms with Crippen LogP contribution in [0.4, 0.5) is 23.7 Å². The second-order valence-electron chi connectivity index (χ2n) is 10.6. The zero-order valence-electron chi connectivity index (χ0n) is 21.2. The summed E-state index contributed by atoms with van der Waals surface area (Å²) < 4.78 is 50.2. The van der Waals surface area contributed by atoms with Crippen LogP contribution in [0.25, 0.3) is 0 Å². The minimum Gasteiger partial charge on any atom is -0.493 e. The van der Waals surface area contributed by atoms with Gasteiger partial charge in [-0.15, -0.1) is 0 Å². The molecule has 2 amide bonds. The number of alkyl halides is 3. The monoisotopic (exact) mass is 517 g/mol. The third kappa shape index (κ3) is 5.37. The summed E-state index contributed by atoms with van der Waals surface area (Å²) in [5, 5.41) is 5.62. The van der Waals surface area contributed by atoms with Gasteiger partial charge in [0.1, 0.15) is 0 Å². The van der Waals surface area contributed by atoms with Gasteiger partial charge in [0.15, 0.2) is 11.5 Å². The topological polar surface area (TPSA) is 62.8 Å². The van der Waals surface area contributed by atoms with Crippen LogP contribution in [-0.4, -0.2) is 50.3 Å². The molecular weight excluding hydrogens is 483 g/mol. The molecule has 3 aliphatic rings. The summed E-state index contributed by atoms with van der Waals surface area (Å²) in [4.78, 5) is 15.3. The van der Waals surface area contributed by atoms with Gasteiger partial charge in [0.25, 0.3) is 0 Å². The quantitative estimate of drug-likeness (QED) is 0.486. The van der Waals surface area contributed by atoms with E-state index in [4.69, 9.17) is 9.47 Å². The maximum absolute atomic E-state index is 13.1. The largest absolute Gasteiger partial charge is 0.493 e. The molecule has 2 aromatic rings. The molecule has 0 bridgehead atoms. The van der Waals surface area contributed by atoms with Crippen molar-refractivity contribution in [1.82, 2.24) is 10.2 Å². The van der Waals surface area contributed by atoms with Gasteiger partial charge in [0.05, 0.1) is 19.8 Å². The molecule has 2 aromatic carbocycles. The number of anilines is 1. The van der Waals surface area contributed by atoms with Crippen LogP contribution in [0.2, 0.25) is 0 Å². The van der Waals surface area contributed by atoms with Gasteiger partial charge in [-0.2, -0.15) is 13.2 Å². The molecule has 9 heteroatoms. The lowest BCUT2D eigenvalue weighted by Crippen LogP contribution is -2.53. The van der Waals surface area contributed by atoms with Gasteiger partial charge >= 0.3 is 12.2 Å². The Hall–Kier alpha value is -2.94. The minimum atomic E-state index is -4.46. The van der Waals surface area contributed by atoms with Crippen molar-refractivity contribution >= 4 is 11.7 Å².